The quantitative estimate of drug-likeness (QED) is 0.873. The fourth-order valence-corrected chi connectivity index (χ4v) is 2.19. The van der Waals surface area contributed by atoms with Crippen LogP contribution in [0.3, 0.4) is 0 Å². The molecule has 0 saturated heterocycles. The smallest absolute Gasteiger partial charge is 0.220 e. The van der Waals surface area contributed by atoms with Crippen LogP contribution in [0.15, 0.2) is 24.3 Å². The molecule has 0 spiro atoms. The molecule has 19 heavy (non-hydrogen) atoms. The van der Waals surface area contributed by atoms with Crippen molar-refractivity contribution in [3.63, 3.8) is 0 Å². The van der Waals surface area contributed by atoms with Crippen molar-refractivity contribution in [2.24, 2.45) is 5.73 Å². The summed E-state index contributed by atoms with van der Waals surface area (Å²) in [4.78, 5) is 12.0. The van der Waals surface area contributed by atoms with Gasteiger partial charge in [-0.05, 0) is 26.3 Å². The Labute approximate surface area is 114 Å². The van der Waals surface area contributed by atoms with E-state index in [0.29, 0.717) is 19.4 Å². The number of para-hydroxylation sites is 1. The third kappa shape index (κ3) is 3.96. The fourth-order valence-electron chi connectivity index (χ4n) is 2.19. The second kappa shape index (κ2) is 5.61. The molecule has 1 aliphatic rings. The topological polar surface area (TPSA) is 64.4 Å². The van der Waals surface area contributed by atoms with Crippen LogP contribution in [0.25, 0.3) is 0 Å². The van der Waals surface area contributed by atoms with Gasteiger partial charge in [0.15, 0.2) is 0 Å². The van der Waals surface area contributed by atoms with Gasteiger partial charge in [-0.25, -0.2) is 0 Å². The number of rotatable bonds is 4. The van der Waals surface area contributed by atoms with Crippen molar-refractivity contribution in [2.45, 2.75) is 44.7 Å². The first-order chi connectivity index (χ1) is 8.96. The van der Waals surface area contributed by atoms with E-state index in [1.807, 2.05) is 38.1 Å². The van der Waals surface area contributed by atoms with E-state index < -0.39 is 0 Å². The number of carbonyl (C=O) groups is 1. The Kier molecular flexibility index (Phi) is 4.10. The van der Waals surface area contributed by atoms with Crippen LogP contribution < -0.4 is 15.8 Å². The van der Waals surface area contributed by atoms with Crippen molar-refractivity contribution in [1.29, 1.82) is 0 Å². The zero-order valence-corrected chi connectivity index (χ0v) is 11.6. The summed E-state index contributed by atoms with van der Waals surface area (Å²) in [6.07, 6.45) is 1.96. The van der Waals surface area contributed by atoms with E-state index in [-0.39, 0.29) is 17.5 Å². The molecule has 3 N–H and O–H groups in total. The van der Waals surface area contributed by atoms with Gasteiger partial charge in [-0.3, -0.25) is 4.79 Å². The molecule has 0 saturated carbocycles. The summed E-state index contributed by atoms with van der Waals surface area (Å²) >= 11 is 0. The Hall–Kier alpha value is -1.55. The van der Waals surface area contributed by atoms with Gasteiger partial charge in [-0.1, -0.05) is 18.2 Å². The van der Waals surface area contributed by atoms with E-state index in [0.717, 1.165) is 17.7 Å². The van der Waals surface area contributed by atoms with E-state index in [9.17, 15) is 4.79 Å². The Morgan fingerprint density at radius 2 is 2.21 bits per heavy atom. The summed E-state index contributed by atoms with van der Waals surface area (Å²) < 4.78 is 5.58. The minimum atomic E-state index is -0.301. The van der Waals surface area contributed by atoms with Crippen molar-refractivity contribution in [3.8, 4) is 5.75 Å². The van der Waals surface area contributed by atoms with Crippen LogP contribution in [-0.4, -0.2) is 18.1 Å². The standard InChI is InChI=1S/C15H22N2O2/c1-15(2,16)9-7-14(18)17-12-8-10-19-13-6-4-3-5-11(12)13/h3-6,12H,7-10,16H2,1-2H3,(H,17,18). The first kappa shape index (κ1) is 13.9. The molecule has 1 aliphatic heterocycles. The van der Waals surface area contributed by atoms with E-state index >= 15 is 0 Å². The fraction of sp³-hybridized carbons (Fsp3) is 0.533. The van der Waals surface area contributed by atoms with Crippen LogP contribution in [0.1, 0.15) is 44.7 Å². The zero-order chi connectivity index (χ0) is 13.9. The van der Waals surface area contributed by atoms with Gasteiger partial charge in [0.1, 0.15) is 5.75 Å². The van der Waals surface area contributed by atoms with Crippen LogP contribution in [0.5, 0.6) is 5.75 Å². The highest BCUT2D eigenvalue weighted by atomic mass is 16.5. The van der Waals surface area contributed by atoms with Crippen LogP contribution >= 0.6 is 0 Å². The first-order valence-corrected chi connectivity index (χ1v) is 6.76. The number of nitrogens with one attached hydrogen (secondary N) is 1. The third-order valence-electron chi connectivity index (χ3n) is 3.29. The predicted octanol–water partition coefficient (Wildman–Crippen LogP) is 2.14. The SMILES string of the molecule is CC(C)(N)CCC(=O)NC1CCOc2ccccc21. The predicted molar refractivity (Wildman–Crippen MR) is 74.9 cm³/mol. The maximum atomic E-state index is 12.0. The Morgan fingerprint density at radius 1 is 1.47 bits per heavy atom. The number of carbonyl (C=O) groups excluding carboxylic acids is 1. The summed E-state index contributed by atoms with van der Waals surface area (Å²) in [5, 5.41) is 3.07. The van der Waals surface area contributed by atoms with E-state index in [4.69, 9.17) is 10.5 Å². The van der Waals surface area contributed by atoms with Crippen molar-refractivity contribution >= 4 is 5.91 Å². The molecule has 1 heterocycles. The van der Waals surface area contributed by atoms with E-state index in [2.05, 4.69) is 5.32 Å². The molecule has 1 amide bonds. The second-order valence-corrected chi connectivity index (χ2v) is 5.78. The van der Waals surface area contributed by atoms with Crippen LogP contribution in [0.4, 0.5) is 0 Å². The number of nitrogens with two attached hydrogens (primary N) is 1. The molecular formula is C15H22N2O2. The second-order valence-electron chi connectivity index (χ2n) is 5.78. The van der Waals surface area contributed by atoms with Gasteiger partial charge < -0.3 is 15.8 Å². The normalized spacial score (nSPS) is 18.4. The molecule has 1 atom stereocenters. The molecule has 1 unspecified atom stereocenters. The number of benzene rings is 1. The van der Waals surface area contributed by atoms with Gasteiger partial charge in [0, 0.05) is 23.9 Å². The molecule has 4 heteroatoms. The summed E-state index contributed by atoms with van der Waals surface area (Å²) in [7, 11) is 0. The molecule has 2 rings (SSSR count). The van der Waals surface area contributed by atoms with E-state index in [1.54, 1.807) is 0 Å². The largest absolute Gasteiger partial charge is 0.493 e. The van der Waals surface area contributed by atoms with Crippen LogP contribution in [-0.2, 0) is 4.79 Å². The van der Waals surface area contributed by atoms with Gasteiger partial charge in [0.05, 0.1) is 12.6 Å². The zero-order valence-electron chi connectivity index (χ0n) is 11.6. The lowest BCUT2D eigenvalue weighted by atomic mass is 9.98. The van der Waals surface area contributed by atoms with Crippen LogP contribution in [0, 0.1) is 0 Å². The Bertz CT molecular complexity index is 452. The summed E-state index contributed by atoms with van der Waals surface area (Å²) in [6.45, 7) is 4.51. The van der Waals surface area contributed by atoms with E-state index in [1.165, 1.54) is 0 Å². The number of fused-ring (bicyclic) bond motifs is 1. The average Bonchev–Trinajstić information content (AvgIpc) is 2.36. The van der Waals surface area contributed by atoms with Gasteiger partial charge in [-0.15, -0.1) is 0 Å². The highest BCUT2D eigenvalue weighted by Crippen LogP contribution is 2.31. The van der Waals surface area contributed by atoms with Crippen LogP contribution in [0.2, 0.25) is 0 Å². The molecule has 0 aliphatic carbocycles. The number of amides is 1. The monoisotopic (exact) mass is 262 g/mol. The van der Waals surface area contributed by atoms with Gasteiger partial charge >= 0.3 is 0 Å². The Morgan fingerprint density at radius 3 is 2.95 bits per heavy atom. The first-order valence-electron chi connectivity index (χ1n) is 6.76. The summed E-state index contributed by atoms with van der Waals surface area (Å²) in [5.41, 5.74) is 6.66. The highest BCUT2D eigenvalue weighted by molar-refractivity contribution is 5.76. The number of hydrogen-bond donors (Lipinski definition) is 2. The minimum absolute atomic E-state index is 0.0540. The third-order valence-corrected chi connectivity index (χ3v) is 3.29. The van der Waals surface area contributed by atoms with Gasteiger partial charge in [0.2, 0.25) is 5.91 Å². The molecule has 0 bridgehead atoms. The summed E-state index contributed by atoms with van der Waals surface area (Å²) in [5.74, 6) is 0.929. The van der Waals surface area contributed by atoms with Crippen molar-refractivity contribution in [3.05, 3.63) is 29.8 Å². The Balaban J connectivity index is 1.95. The van der Waals surface area contributed by atoms with Crippen molar-refractivity contribution in [2.75, 3.05) is 6.61 Å². The average molecular weight is 262 g/mol. The lowest BCUT2D eigenvalue weighted by Gasteiger charge is -2.27. The maximum absolute atomic E-state index is 12.0. The van der Waals surface area contributed by atoms with Crippen molar-refractivity contribution in [1.82, 2.24) is 5.32 Å². The molecule has 1 aromatic rings. The molecule has 0 fully saturated rings. The molecule has 4 nitrogen and oxygen atoms in total. The lowest BCUT2D eigenvalue weighted by Crippen LogP contribution is -2.36. The molecule has 0 aromatic heterocycles. The molecular weight excluding hydrogens is 240 g/mol. The summed E-state index contributed by atoms with van der Waals surface area (Å²) in [6, 6.07) is 7.91. The highest BCUT2D eigenvalue weighted by Gasteiger charge is 2.23. The lowest BCUT2D eigenvalue weighted by molar-refractivity contribution is -0.122. The minimum Gasteiger partial charge on any atom is -0.493 e. The maximum Gasteiger partial charge on any atom is 0.220 e. The molecule has 104 valence electrons. The van der Waals surface area contributed by atoms with Crippen molar-refractivity contribution < 1.29 is 9.53 Å². The number of hydrogen-bond acceptors (Lipinski definition) is 3. The van der Waals surface area contributed by atoms with Gasteiger partial charge in [-0.2, -0.15) is 0 Å². The van der Waals surface area contributed by atoms with Gasteiger partial charge in [0.25, 0.3) is 0 Å². The number of ether oxygens (including phenoxy) is 1. The molecule has 0 radical (unpaired) electrons. The molecule has 1 aromatic carbocycles.